The number of hydrogen-bond donors (Lipinski definition) is 4. The fourth-order valence-electron chi connectivity index (χ4n) is 9.85. The molecule has 8 rings (SSSR count). The molecule has 4 amide bonds. The van der Waals surface area contributed by atoms with Gasteiger partial charge in [0.2, 0.25) is 11.8 Å². The number of H-pyrrole nitrogens is 2. The van der Waals surface area contributed by atoms with E-state index in [4.69, 9.17) is 19.4 Å². The van der Waals surface area contributed by atoms with Crippen LogP contribution in [-0.2, 0) is 29.9 Å². The molecule has 2 aromatic heterocycles. The van der Waals surface area contributed by atoms with Crippen molar-refractivity contribution in [2.45, 2.75) is 127 Å². The average molecular weight is 771 g/mol. The Hall–Kier alpha value is -4.88. The van der Waals surface area contributed by atoms with Gasteiger partial charge in [-0.25, -0.2) is 19.6 Å². The van der Waals surface area contributed by atoms with Crippen LogP contribution in [0, 0.1) is 11.8 Å². The summed E-state index contributed by atoms with van der Waals surface area (Å²) in [6.45, 7) is 8.93. The highest BCUT2D eigenvalue weighted by Gasteiger charge is 2.51. The third-order valence-corrected chi connectivity index (χ3v) is 13.3. The molecule has 14 heteroatoms. The van der Waals surface area contributed by atoms with E-state index in [2.05, 4.69) is 44.9 Å². The van der Waals surface area contributed by atoms with Crippen molar-refractivity contribution in [1.29, 1.82) is 0 Å². The number of nitrogens with one attached hydrogen (secondary N) is 4. The van der Waals surface area contributed by atoms with Gasteiger partial charge in [-0.3, -0.25) is 9.59 Å². The number of carbonyl (C=O) groups excluding carboxylic acids is 4. The number of fused-ring (bicyclic) bond motifs is 3. The van der Waals surface area contributed by atoms with Crippen molar-refractivity contribution in [2.75, 3.05) is 27.3 Å². The second-order valence-corrected chi connectivity index (χ2v) is 17.1. The van der Waals surface area contributed by atoms with E-state index in [-0.39, 0.29) is 46.6 Å². The molecular formula is C42H58N8O6. The number of alkyl carbamates (subject to hydrolysis) is 2. The highest BCUT2D eigenvalue weighted by atomic mass is 16.5. The highest BCUT2D eigenvalue weighted by Crippen LogP contribution is 2.58. The van der Waals surface area contributed by atoms with Crippen LogP contribution in [0.3, 0.4) is 0 Å². The molecule has 4 atom stereocenters. The van der Waals surface area contributed by atoms with Crippen molar-refractivity contribution in [3.8, 4) is 11.3 Å². The fourth-order valence-corrected chi connectivity index (χ4v) is 9.85. The van der Waals surface area contributed by atoms with Gasteiger partial charge in [0.1, 0.15) is 23.7 Å². The molecule has 3 aromatic rings. The minimum Gasteiger partial charge on any atom is -0.453 e. The average Bonchev–Trinajstić information content (AvgIpc) is 4.06. The van der Waals surface area contributed by atoms with Crippen molar-refractivity contribution in [2.24, 2.45) is 11.8 Å². The Morgan fingerprint density at radius 2 is 1.32 bits per heavy atom. The molecule has 1 aromatic carbocycles. The first kappa shape index (κ1) is 39.4. The number of nitrogens with zero attached hydrogens (tertiary/aromatic N) is 4. The van der Waals surface area contributed by atoms with Crippen LogP contribution in [-0.4, -0.2) is 93.1 Å². The highest BCUT2D eigenvalue weighted by molar-refractivity contribution is 5.87. The lowest BCUT2D eigenvalue weighted by molar-refractivity contribution is -0.136. The van der Waals surface area contributed by atoms with Crippen LogP contribution in [0.1, 0.15) is 127 Å². The van der Waals surface area contributed by atoms with Gasteiger partial charge in [-0.1, -0.05) is 45.9 Å². The first-order valence-corrected chi connectivity index (χ1v) is 20.4. The number of aromatic amines is 2. The van der Waals surface area contributed by atoms with Crippen LogP contribution in [0.25, 0.3) is 11.3 Å². The zero-order valence-corrected chi connectivity index (χ0v) is 33.7. The van der Waals surface area contributed by atoms with Crippen molar-refractivity contribution < 1.29 is 28.7 Å². The molecule has 4 N–H and O–H groups in total. The van der Waals surface area contributed by atoms with Crippen molar-refractivity contribution >= 4 is 24.0 Å². The Kier molecular flexibility index (Phi) is 11.2. The summed E-state index contributed by atoms with van der Waals surface area (Å²) in [6, 6.07) is 7.15. The molecule has 5 aliphatic rings. The predicted octanol–water partition coefficient (Wildman–Crippen LogP) is 6.43. The van der Waals surface area contributed by atoms with Crippen LogP contribution < -0.4 is 10.6 Å². The topological polar surface area (TPSA) is 175 Å². The Balaban J connectivity index is 1.02. The van der Waals surface area contributed by atoms with Gasteiger partial charge >= 0.3 is 12.2 Å². The van der Waals surface area contributed by atoms with Crippen LogP contribution in [0.2, 0.25) is 0 Å². The van der Waals surface area contributed by atoms with Gasteiger partial charge < -0.3 is 39.9 Å². The lowest BCUT2D eigenvalue weighted by atomic mass is 9.51. The van der Waals surface area contributed by atoms with E-state index in [1.807, 2.05) is 49.9 Å². The summed E-state index contributed by atoms with van der Waals surface area (Å²) >= 11 is 0. The van der Waals surface area contributed by atoms with Crippen molar-refractivity contribution in [3.63, 3.8) is 0 Å². The maximum absolute atomic E-state index is 13.7. The Bertz CT molecular complexity index is 1890. The van der Waals surface area contributed by atoms with E-state index < -0.39 is 24.3 Å². The number of rotatable bonds is 11. The number of amides is 4. The molecule has 14 nitrogen and oxygen atoms in total. The number of aromatic nitrogens is 4. The summed E-state index contributed by atoms with van der Waals surface area (Å²) in [5, 5.41) is 5.46. The smallest absolute Gasteiger partial charge is 0.407 e. The van der Waals surface area contributed by atoms with E-state index in [1.165, 1.54) is 25.5 Å². The first-order valence-electron chi connectivity index (χ1n) is 20.4. The van der Waals surface area contributed by atoms with Gasteiger partial charge in [-0.15, -0.1) is 0 Å². The largest absolute Gasteiger partial charge is 0.453 e. The minimum absolute atomic E-state index is 0.0353. The van der Waals surface area contributed by atoms with Gasteiger partial charge in [-0.2, -0.15) is 0 Å². The van der Waals surface area contributed by atoms with Crippen molar-refractivity contribution in [1.82, 2.24) is 40.4 Å². The second-order valence-electron chi connectivity index (χ2n) is 17.1. The van der Waals surface area contributed by atoms with Gasteiger partial charge in [0, 0.05) is 42.2 Å². The SMILES string of the molecule is COC(=O)N[C@H](C(=O)N1CCC[C@H]1c1nc(-c2cccc(C34CCC(c5cnc([C@@H]6CCCN6C(=O)[C@@H](NC(=O)OC)C(C)C)[nH]5)(CC3)CC4)c2)c[nH]1)C(C)C. The van der Waals surface area contributed by atoms with Crippen LogP contribution in [0.4, 0.5) is 9.59 Å². The number of benzene rings is 1. The van der Waals surface area contributed by atoms with E-state index in [1.54, 1.807) is 0 Å². The third kappa shape index (κ3) is 7.38. The van der Waals surface area contributed by atoms with E-state index in [0.29, 0.717) is 13.1 Å². The van der Waals surface area contributed by atoms with E-state index in [9.17, 15) is 19.2 Å². The van der Waals surface area contributed by atoms with Crippen LogP contribution >= 0.6 is 0 Å². The fraction of sp³-hybridized carbons (Fsp3) is 0.619. The summed E-state index contributed by atoms with van der Waals surface area (Å²) in [5.74, 6) is 1.19. The summed E-state index contributed by atoms with van der Waals surface area (Å²) in [7, 11) is 2.61. The number of imidazole rings is 2. The number of likely N-dealkylation sites (tertiary alicyclic amines) is 2. The Morgan fingerprint density at radius 1 is 0.786 bits per heavy atom. The zero-order valence-electron chi connectivity index (χ0n) is 33.7. The molecule has 0 unspecified atom stereocenters. The monoisotopic (exact) mass is 770 g/mol. The Labute approximate surface area is 329 Å². The quantitative estimate of drug-likeness (QED) is 0.173. The second kappa shape index (κ2) is 15.9. The molecular weight excluding hydrogens is 713 g/mol. The molecule has 2 aliphatic heterocycles. The molecule has 3 saturated carbocycles. The summed E-state index contributed by atoms with van der Waals surface area (Å²) in [5.41, 5.74) is 4.57. The number of carbonyl (C=O) groups is 4. The minimum atomic E-state index is -0.678. The summed E-state index contributed by atoms with van der Waals surface area (Å²) in [6.07, 6.45) is 12.5. The number of ether oxygens (including phenoxy) is 2. The lowest BCUT2D eigenvalue weighted by Gasteiger charge is -2.53. The maximum atomic E-state index is 13.7. The van der Waals surface area contributed by atoms with Gasteiger partial charge in [0.05, 0.1) is 32.0 Å². The Morgan fingerprint density at radius 3 is 1.86 bits per heavy atom. The van der Waals surface area contributed by atoms with E-state index >= 15 is 0 Å². The van der Waals surface area contributed by atoms with Crippen LogP contribution in [0.15, 0.2) is 36.7 Å². The zero-order chi connectivity index (χ0) is 39.8. The first-order chi connectivity index (χ1) is 26.9. The summed E-state index contributed by atoms with van der Waals surface area (Å²) in [4.78, 5) is 72.1. The molecule has 2 saturated heterocycles. The normalized spacial score (nSPS) is 25.7. The van der Waals surface area contributed by atoms with Gasteiger partial charge in [0.25, 0.3) is 0 Å². The summed E-state index contributed by atoms with van der Waals surface area (Å²) < 4.78 is 9.59. The van der Waals surface area contributed by atoms with Gasteiger partial charge in [0.15, 0.2) is 0 Å². The molecule has 302 valence electrons. The third-order valence-electron chi connectivity index (χ3n) is 13.3. The molecule has 56 heavy (non-hydrogen) atoms. The molecule has 0 spiro atoms. The number of hydrogen-bond acceptors (Lipinski definition) is 8. The molecule has 4 heterocycles. The van der Waals surface area contributed by atoms with Gasteiger partial charge in [-0.05, 0) is 93.1 Å². The van der Waals surface area contributed by atoms with Crippen LogP contribution in [0.5, 0.6) is 0 Å². The standard InChI is InChI=1S/C42H58N8O6/c1-25(2)33(47-39(53)55-5)37(51)49-20-8-12-30(49)35-43-23-29(45-35)27-10-7-11-28(22-27)41-14-17-42(18-15-41,19-16-41)32-24-44-36(46-32)31-13-9-21-50(31)38(52)34(26(3)4)48-40(54)56-6/h7,10-11,22-26,30-31,33-34H,8-9,12-21H2,1-6H3,(H,43,45)(H,44,46)(H,47,53)(H,48,54)/t30-,31-,33-,34-,41?,42?/m0/s1. The predicted molar refractivity (Wildman–Crippen MR) is 209 cm³/mol. The number of methoxy groups -OCH3 is 2. The molecule has 0 radical (unpaired) electrons. The maximum Gasteiger partial charge on any atom is 0.407 e. The molecule has 2 bridgehead atoms. The molecule has 5 fully saturated rings. The van der Waals surface area contributed by atoms with E-state index in [0.717, 1.165) is 87.1 Å². The van der Waals surface area contributed by atoms with Crippen molar-refractivity contribution in [3.05, 3.63) is 59.6 Å². The molecule has 3 aliphatic carbocycles. The lowest BCUT2D eigenvalue weighted by Crippen LogP contribution is -2.51.